The number of nitrogens with zero attached hydrogens (tertiary/aromatic N) is 2. The first-order valence-electron chi connectivity index (χ1n) is 13.2. The second-order valence-corrected chi connectivity index (χ2v) is 15.3. The fourth-order valence-electron chi connectivity index (χ4n) is 4.61. The van der Waals surface area contributed by atoms with Crippen LogP contribution < -0.4 is 10.0 Å². The third-order valence-corrected chi connectivity index (χ3v) is 12.1. The number of piperazine rings is 1. The van der Waals surface area contributed by atoms with Gasteiger partial charge in [-0.2, -0.15) is 8.61 Å². The Kier molecular flexibility index (Phi) is 8.85. The lowest BCUT2D eigenvalue weighted by molar-refractivity contribution is -0.120. The minimum Gasteiger partial charge on any atom is -0.325 e. The molecule has 1 saturated heterocycles. The number of benzene rings is 4. The van der Waals surface area contributed by atoms with Crippen LogP contribution in [0.2, 0.25) is 0 Å². The summed E-state index contributed by atoms with van der Waals surface area (Å²) in [6.07, 6.45) is 0. The smallest absolute Gasteiger partial charge is 0.261 e. The van der Waals surface area contributed by atoms with Crippen LogP contribution in [0, 0.1) is 5.82 Å². The molecule has 0 spiro atoms. The summed E-state index contributed by atoms with van der Waals surface area (Å²) in [5.74, 6) is -1.33. The zero-order chi connectivity index (χ0) is 31.5. The molecule has 0 saturated carbocycles. The van der Waals surface area contributed by atoms with Gasteiger partial charge in [0.05, 0.1) is 14.7 Å². The van der Waals surface area contributed by atoms with Crippen molar-refractivity contribution in [2.75, 3.05) is 29.7 Å². The van der Waals surface area contributed by atoms with Gasteiger partial charge >= 0.3 is 0 Å². The third kappa shape index (κ3) is 6.66. The van der Waals surface area contributed by atoms with E-state index in [2.05, 4.69) is 10.0 Å². The first-order chi connectivity index (χ1) is 20.9. The van der Waals surface area contributed by atoms with Gasteiger partial charge in [0.2, 0.25) is 26.0 Å². The molecule has 4 aromatic carbocycles. The molecule has 0 radical (unpaired) electrons. The topological polar surface area (TPSA) is 150 Å². The molecule has 5 rings (SSSR count). The Balaban J connectivity index is 1.40. The van der Waals surface area contributed by atoms with E-state index in [0.717, 1.165) is 20.7 Å². The van der Waals surface area contributed by atoms with Gasteiger partial charge in [-0.15, -0.1) is 0 Å². The zero-order valence-electron chi connectivity index (χ0n) is 22.9. The van der Waals surface area contributed by atoms with Crippen LogP contribution in [0.25, 0.3) is 0 Å². The summed E-state index contributed by atoms with van der Waals surface area (Å²) in [7, 11) is -12.3. The molecule has 1 heterocycles. The molecule has 11 nitrogen and oxygen atoms in total. The average molecular weight is 659 g/mol. The molecular weight excluding hydrogens is 632 g/mol. The number of sulfonamides is 3. The molecule has 1 aliphatic rings. The molecule has 1 unspecified atom stereocenters. The molecular formula is C29H27FN4O7S3. The molecule has 0 aliphatic carbocycles. The highest BCUT2D eigenvalue weighted by molar-refractivity contribution is 7.92. The summed E-state index contributed by atoms with van der Waals surface area (Å²) in [4.78, 5) is 13.4. The maximum absolute atomic E-state index is 13.6. The molecule has 4 aromatic rings. The number of hydrogen-bond acceptors (Lipinski definition) is 7. The minimum absolute atomic E-state index is 0.00423. The van der Waals surface area contributed by atoms with Gasteiger partial charge in [-0.1, -0.05) is 36.4 Å². The van der Waals surface area contributed by atoms with Crippen LogP contribution in [0.4, 0.5) is 15.8 Å². The number of amides is 1. The normalized spacial score (nSPS) is 16.7. The minimum atomic E-state index is -4.20. The number of anilines is 2. The van der Waals surface area contributed by atoms with Crippen LogP contribution in [-0.2, 0) is 34.9 Å². The van der Waals surface area contributed by atoms with Crippen LogP contribution in [0.1, 0.15) is 0 Å². The second-order valence-electron chi connectivity index (χ2n) is 9.75. The molecule has 1 aliphatic heterocycles. The Morgan fingerprint density at radius 2 is 1.16 bits per heavy atom. The van der Waals surface area contributed by atoms with Crippen molar-refractivity contribution in [3.8, 4) is 0 Å². The number of hydrogen-bond donors (Lipinski definition) is 2. The third-order valence-electron chi connectivity index (χ3n) is 6.86. The van der Waals surface area contributed by atoms with E-state index < -0.39 is 54.4 Å². The van der Waals surface area contributed by atoms with Crippen molar-refractivity contribution in [2.24, 2.45) is 0 Å². The average Bonchev–Trinajstić information content (AvgIpc) is 3.03. The van der Waals surface area contributed by atoms with Gasteiger partial charge < -0.3 is 5.32 Å². The summed E-state index contributed by atoms with van der Waals surface area (Å²) in [5, 5.41) is 2.59. The van der Waals surface area contributed by atoms with E-state index >= 15 is 0 Å². The molecule has 1 fully saturated rings. The van der Waals surface area contributed by atoms with Gasteiger partial charge in [-0.05, 0) is 72.8 Å². The summed E-state index contributed by atoms with van der Waals surface area (Å²) in [6, 6.07) is 23.5. The lowest BCUT2D eigenvalue weighted by Crippen LogP contribution is -2.60. The predicted octanol–water partition coefficient (Wildman–Crippen LogP) is 3.33. The standard InChI is InChI=1S/C29H27FN4O7S3/c30-22-11-13-24(14-12-22)32-42(36,37)25-17-15-23(16-18-25)31-29(35)28-21-33(43(38,39)26-7-3-1-4-8-26)19-20-34(28)44(40,41)27-9-5-2-6-10-27/h1-18,28,32H,19-21H2,(H,31,35). The van der Waals surface area contributed by atoms with E-state index in [9.17, 15) is 34.4 Å². The monoisotopic (exact) mass is 658 g/mol. The Morgan fingerprint density at radius 3 is 1.73 bits per heavy atom. The van der Waals surface area contributed by atoms with E-state index in [4.69, 9.17) is 0 Å². The van der Waals surface area contributed by atoms with Gasteiger partial charge in [0.1, 0.15) is 11.9 Å². The van der Waals surface area contributed by atoms with Crippen molar-refractivity contribution < 1.29 is 34.4 Å². The molecule has 15 heteroatoms. The van der Waals surface area contributed by atoms with Gasteiger partial charge in [0.25, 0.3) is 10.0 Å². The molecule has 1 amide bonds. The van der Waals surface area contributed by atoms with Crippen LogP contribution in [0.15, 0.2) is 124 Å². The molecule has 1 atom stereocenters. The first kappa shape index (κ1) is 31.3. The Hall–Kier alpha value is -4.15. The van der Waals surface area contributed by atoms with E-state index in [1.165, 1.54) is 60.7 Å². The van der Waals surface area contributed by atoms with E-state index in [1.54, 1.807) is 36.4 Å². The van der Waals surface area contributed by atoms with Gasteiger partial charge in [0.15, 0.2) is 0 Å². The number of halogens is 1. The van der Waals surface area contributed by atoms with Gasteiger partial charge in [-0.3, -0.25) is 9.52 Å². The fraction of sp³-hybridized carbons (Fsp3) is 0.138. The highest BCUT2D eigenvalue weighted by Crippen LogP contribution is 2.27. The fourth-order valence-corrected chi connectivity index (χ4v) is 8.71. The molecule has 230 valence electrons. The van der Waals surface area contributed by atoms with Crippen molar-refractivity contribution in [2.45, 2.75) is 20.7 Å². The van der Waals surface area contributed by atoms with Crippen molar-refractivity contribution >= 4 is 47.4 Å². The molecule has 0 bridgehead atoms. The second kappa shape index (κ2) is 12.5. The van der Waals surface area contributed by atoms with E-state index in [-0.39, 0.29) is 39.2 Å². The van der Waals surface area contributed by atoms with E-state index in [0.29, 0.717) is 0 Å². The highest BCUT2D eigenvalue weighted by atomic mass is 32.2. The molecule has 2 N–H and O–H groups in total. The van der Waals surface area contributed by atoms with Crippen LogP contribution in [0.5, 0.6) is 0 Å². The maximum Gasteiger partial charge on any atom is 0.261 e. The number of nitrogens with one attached hydrogen (secondary N) is 2. The largest absolute Gasteiger partial charge is 0.325 e. The summed E-state index contributed by atoms with van der Waals surface area (Å²) < 4.78 is 97.0. The molecule has 0 aromatic heterocycles. The highest BCUT2D eigenvalue weighted by Gasteiger charge is 2.43. The van der Waals surface area contributed by atoms with Gasteiger partial charge in [-0.25, -0.2) is 29.6 Å². The van der Waals surface area contributed by atoms with Crippen molar-refractivity contribution in [3.63, 3.8) is 0 Å². The van der Waals surface area contributed by atoms with Crippen LogP contribution in [0.3, 0.4) is 0 Å². The first-order valence-corrected chi connectivity index (χ1v) is 17.6. The number of rotatable bonds is 9. The summed E-state index contributed by atoms with van der Waals surface area (Å²) >= 11 is 0. The van der Waals surface area contributed by atoms with Crippen molar-refractivity contribution in [1.82, 2.24) is 8.61 Å². The summed E-state index contributed by atoms with van der Waals surface area (Å²) in [6.45, 7) is -0.919. The van der Waals surface area contributed by atoms with E-state index in [1.807, 2.05) is 0 Å². The van der Waals surface area contributed by atoms with Crippen LogP contribution >= 0.6 is 0 Å². The van der Waals surface area contributed by atoms with Crippen molar-refractivity contribution in [3.05, 3.63) is 115 Å². The summed E-state index contributed by atoms with van der Waals surface area (Å²) in [5.41, 5.74) is 0.298. The number of carbonyl (C=O) groups is 1. The maximum atomic E-state index is 13.6. The van der Waals surface area contributed by atoms with Gasteiger partial charge in [0, 0.05) is 31.0 Å². The molecule has 44 heavy (non-hydrogen) atoms. The Labute approximate surface area is 255 Å². The SMILES string of the molecule is O=C(Nc1ccc(S(=O)(=O)Nc2ccc(F)cc2)cc1)C1CN(S(=O)(=O)c2ccccc2)CCN1S(=O)(=O)c1ccccc1. The predicted molar refractivity (Wildman–Crippen MR) is 162 cm³/mol. The Bertz CT molecular complexity index is 1960. The zero-order valence-corrected chi connectivity index (χ0v) is 25.4. The lowest BCUT2D eigenvalue weighted by atomic mass is 10.2. The number of carbonyl (C=O) groups excluding carboxylic acids is 1. The quantitative estimate of drug-likeness (QED) is 0.280. The van der Waals surface area contributed by atoms with Crippen molar-refractivity contribution in [1.29, 1.82) is 0 Å². The Morgan fingerprint density at radius 1 is 0.636 bits per heavy atom. The lowest BCUT2D eigenvalue weighted by Gasteiger charge is -2.38. The van der Waals surface area contributed by atoms with Crippen LogP contribution in [-0.4, -0.2) is 65.4 Å².